The molecule has 2 N–H and O–H groups in total. The number of hydrogen-bond donors (Lipinski definition) is 2. The number of benzene rings is 1. The van der Waals surface area contributed by atoms with Crippen molar-refractivity contribution in [2.24, 2.45) is 0 Å². The van der Waals surface area contributed by atoms with Crippen molar-refractivity contribution in [2.45, 2.75) is 31.2 Å². The van der Waals surface area contributed by atoms with Gasteiger partial charge in [-0.15, -0.1) is 0 Å². The first-order chi connectivity index (χ1) is 7.98. The SMILES string of the molecule is OC1CCC(c2ccccc2C(F)(F)F)NC1. The molecule has 1 heterocycles. The molecule has 0 spiro atoms. The van der Waals surface area contributed by atoms with E-state index in [9.17, 15) is 18.3 Å². The highest BCUT2D eigenvalue weighted by molar-refractivity contribution is 5.32. The minimum atomic E-state index is -4.33. The van der Waals surface area contributed by atoms with E-state index in [1.165, 1.54) is 12.1 Å². The minimum absolute atomic E-state index is 0.270. The standard InChI is InChI=1S/C12H14F3NO/c13-12(14,15)10-4-2-1-3-9(10)11-6-5-8(17)7-16-11/h1-4,8,11,16-17H,5-7H2. The maximum atomic E-state index is 12.8. The van der Waals surface area contributed by atoms with E-state index < -0.39 is 17.8 Å². The molecule has 0 aliphatic carbocycles. The highest BCUT2D eigenvalue weighted by Crippen LogP contribution is 2.36. The molecule has 0 amide bonds. The van der Waals surface area contributed by atoms with Crippen LogP contribution in [-0.2, 0) is 6.18 Å². The number of rotatable bonds is 1. The van der Waals surface area contributed by atoms with Crippen LogP contribution in [0.3, 0.4) is 0 Å². The Balaban J connectivity index is 2.26. The van der Waals surface area contributed by atoms with E-state index in [2.05, 4.69) is 5.32 Å². The zero-order chi connectivity index (χ0) is 12.5. The van der Waals surface area contributed by atoms with Crippen molar-refractivity contribution >= 4 is 0 Å². The molecule has 1 aliphatic rings. The summed E-state index contributed by atoms with van der Waals surface area (Å²) in [5.74, 6) is 0. The number of piperidine rings is 1. The van der Waals surface area contributed by atoms with Gasteiger partial charge in [-0.25, -0.2) is 0 Å². The van der Waals surface area contributed by atoms with E-state index in [4.69, 9.17) is 0 Å². The maximum absolute atomic E-state index is 12.8. The number of hydrogen-bond acceptors (Lipinski definition) is 2. The Bertz CT molecular complexity index is 384. The second-order valence-corrected chi connectivity index (χ2v) is 4.28. The molecule has 94 valence electrons. The molecule has 1 aliphatic heterocycles. The molecule has 0 saturated carbocycles. The van der Waals surface area contributed by atoms with Crippen LogP contribution < -0.4 is 5.32 Å². The fraction of sp³-hybridized carbons (Fsp3) is 0.500. The van der Waals surface area contributed by atoms with E-state index >= 15 is 0 Å². The van der Waals surface area contributed by atoms with Crippen molar-refractivity contribution < 1.29 is 18.3 Å². The van der Waals surface area contributed by atoms with E-state index in [0.717, 1.165) is 6.07 Å². The highest BCUT2D eigenvalue weighted by Gasteiger charge is 2.35. The van der Waals surface area contributed by atoms with Crippen molar-refractivity contribution in [2.75, 3.05) is 6.54 Å². The van der Waals surface area contributed by atoms with Gasteiger partial charge in [0.2, 0.25) is 0 Å². The Morgan fingerprint density at radius 3 is 2.47 bits per heavy atom. The van der Waals surface area contributed by atoms with E-state index in [0.29, 0.717) is 19.4 Å². The number of nitrogens with one attached hydrogen (secondary N) is 1. The zero-order valence-corrected chi connectivity index (χ0v) is 9.17. The van der Waals surface area contributed by atoms with E-state index in [1.807, 2.05) is 0 Å². The molecular formula is C12H14F3NO. The number of halogens is 3. The van der Waals surface area contributed by atoms with Gasteiger partial charge in [0.1, 0.15) is 0 Å². The van der Waals surface area contributed by atoms with Gasteiger partial charge in [0.25, 0.3) is 0 Å². The predicted octanol–water partition coefficient (Wildman–Crippen LogP) is 2.49. The third kappa shape index (κ3) is 2.79. The summed E-state index contributed by atoms with van der Waals surface area (Å²) in [5, 5.41) is 12.3. The Hall–Kier alpha value is -1.07. The quantitative estimate of drug-likeness (QED) is 0.796. The summed E-state index contributed by atoms with van der Waals surface area (Å²) in [5.41, 5.74) is -0.319. The van der Waals surface area contributed by atoms with Gasteiger partial charge in [0, 0.05) is 12.6 Å². The molecule has 17 heavy (non-hydrogen) atoms. The van der Waals surface area contributed by atoms with Gasteiger partial charge in [0.05, 0.1) is 11.7 Å². The third-order valence-corrected chi connectivity index (χ3v) is 3.03. The first kappa shape index (κ1) is 12.4. The molecule has 5 heteroatoms. The summed E-state index contributed by atoms with van der Waals surface area (Å²) in [6.45, 7) is 0.344. The van der Waals surface area contributed by atoms with Crippen LogP contribution in [0.2, 0.25) is 0 Å². The summed E-state index contributed by atoms with van der Waals surface area (Å²) >= 11 is 0. The normalized spacial score (nSPS) is 25.9. The van der Waals surface area contributed by atoms with Crippen LogP contribution in [0, 0.1) is 0 Å². The zero-order valence-electron chi connectivity index (χ0n) is 9.17. The lowest BCUT2D eigenvalue weighted by Crippen LogP contribution is -2.37. The van der Waals surface area contributed by atoms with Crippen molar-refractivity contribution in [3.63, 3.8) is 0 Å². The van der Waals surface area contributed by atoms with Crippen LogP contribution in [-0.4, -0.2) is 17.8 Å². The molecule has 1 saturated heterocycles. The molecule has 0 bridgehead atoms. The van der Waals surface area contributed by atoms with Crippen LogP contribution in [0.1, 0.15) is 30.0 Å². The Kier molecular flexibility index (Phi) is 3.40. The highest BCUT2D eigenvalue weighted by atomic mass is 19.4. The molecule has 0 radical (unpaired) electrons. The fourth-order valence-electron chi connectivity index (χ4n) is 2.17. The smallest absolute Gasteiger partial charge is 0.392 e. The second-order valence-electron chi connectivity index (χ2n) is 4.28. The number of β-amino-alcohol motifs (C(OH)–C–C–N with tert-alkyl or cyclic N) is 1. The van der Waals surface area contributed by atoms with Crippen LogP contribution in [0.15, 0.2) is 24.3 Å². The van der Waals surface area contributed by atoms with Gasteiger partial charge < -0.3 is 10.4 Å². The third-order valence-electron chi connectivity index (χ3n) is 3.03. The Morgan fingerprint density at radius 1 is 1.18 bits per heavy atom. The van der Waals surface area contributed by atoms with Gasteiger partial charge in [-0.3, -0.25) is 0 Å². The summed E-state index contributed by atoms with van der Waals surface area (Å²) < 4.78 is 38.4. The van der Waals surface area contributed by atoms with Crippen LogP contribution in [0.4, 0.5) is 13.2 Å². The van der Waals surface area contributed by atoms with Gasteiger partial charge in [-0.05, 0) is 24.5 Å². The molecule has 1 aromatic carbocycles. The van der Waals surface area contributed by atoms with Crippen molar-refractivity contribution in [1.29, 1.82) is 0 Å². The molecular weight excluding hydrogens is 231 g/mol. The lowest BCUT2D eigenvalue weighted by atomic mass is 9.92. The van der Waals surface area contributed by atoms with E-state index in [1.54, 1.807) is 6.07 Å². The lowest BCUT2D eigenvalue weighted by molar-refractivity contribution is -0.138. The molecule has 0 aromatic heterocycles. The fourth-order valence-corrected chi connectivity index (χ4v) is 2.17. The van der Waals surface area contributed by atoms with Crippen molar-refractivity contribution in [3.05, 3.63) is 35.4 Å². The van der Waals surface area contributed by atoms with Crippen LogP contribution in [0.25, 0.3) is 0 Å². The second kappa shape index (κ2) is 4.66. The van der Waals surface area contributed by atoms with Gasteiger partial charge in [0.15, 0.2) is 0 Å². The maximum Gasteiger partial charge on any atom is 0.416 e. The number of alkyl halides is 3. The number of aliphatic hydroxyl groups is 1. The van der Waals surface area contributed by atoms with Crippen LogP contribution >= 0.6 is 0 Å². The Labute approximate surface area is 97.5 Å². The van der Waals surface area contributed by atoms with Gasteiger partial charge in [-0.1, -0.05) is 18.2 Å². The van der Waals surface area contributed by atoms with Gasteiger partial charge in [-0.2, -0.15) is 13.2 Å². The summed E-state index contributed by atoms with van der Waals surface area (Å²) in [6.07, 6.45) is -3.73. The van der Waals surface area contributed by atoms with Gasteiger partial charge >= 0.3 is 6.18 Å². The average Bonchev–Trinajstić information content (AvgIpc) is 2.29. The molecule has 1 fully saturated rings. The van der Waals surface area contributed by atoms with Crippen LogP contribution in [0.5, 0.6) is 0 Å². The minimum Gasteiger partial charge on any atom is -0.392 e. The molecule has 2 rings (SSSR count). The molecule has 2 unspecified atom stereocenters. The topological polar surface area (TPSA) is 32.3 Å². The first-order valence-corrected chi connectivity index (χ1v) is 5.56. The Morgan fingerprint density at radius 2 is 1.88 bits per heavy atom. The molecule has 2 atom stereocenters. The molecule has 1 aromatic rings. The molecule has 2 nitrogen and oxygen atoms in total. The summed E-state index contributed by atoms with van der Waals surface area (Å²) in [7, 11) is 0. The predicted molar refractivity (Wildman–Crippen MR) is 57.4 cm³/mol. The summed E-state index contributed by atoms with van der Waals surface area (Å²) in [4.78, 5) is 0. The lowest BCUT2D eigenvalue weighted by Gasteiger charge is -2.29. The summed E-state index contributed by atoms with van der Waals surface area (Å²) in [6, 6.07) is 5.28. The van der Waals surface area contributed by atoms with Crippen molar-refractivity contribution in [1.82, 2.24) is 5.32 Å². The first-order valence-electron chi connectivity index (χ1n) is 5.56. The van der Waals surface area contributed by atoms with Crippen molar-refractivity contribution in [3.8, 4) is 0 Å². The monoisotopic (exact) mass is 245 g/mol. The largest absolute Gasteiger partial charge is 0.416 e. The van der Waals surface area contributed by atoms with E-state index in [-0.39, 0.29) is 11.6 Å². The average molecular weight is 245 g/mol. The number of aliphatic hydroxyl groups excluding tert-OH is 1.